The number of aromatic nitrogens is 2. The van der Waals surface area contributed by atoms with Crippen molar-refractivity contribution < 1.29 is 14.3 Å². The van der Waals surface area contributed by atoms with Gasteiger partial charge in [0, 0.05) is 6.20 Å². The predicted molar refractivity (Wildman–Crippen MR) is 102 cm³/mol. The average Bonchev–Trinajstić information content (AvgIpc) is 3.12. The zero-order valence-electron chi connectivity index (χ0n) is 15.1. The smallest absolute Gasteiger partial charge is 0.269 e. The molecule has 7 heteroatoms. The van der Waals surface area contributed by atoms with Crippen molar-refractivity contribution in [3.63, 3.8) is 0 Å². The number of aryl methyl sites for hydroxylation is 2. The number of benzene rings is 2. The highest BCUT2D eigenvalue weighted by atomic mass is 16.5. The molecule has 2 amide bonds. The van der Waals surface area contributed by atoms with E-state index in [9.17, 15) is 9.59 Å². The van der Waals surface area contributed by atoms with Gasteiger partial charge in [-0.3, -0.25) is 9.59 Å². The normalized spacial score (nSPS) is 10.4. The van der Waals surface area contributed by atoms with Gasteiger partial charge in [0.15, 0.2) is 6.61 Å². The summed E-state index contributed by atoms with van der Waals surface area (Å²) in [6.07, 6.45) is 1.61. The number of ether oxygens (including phenoxy) is 1. The van der Waals surface area contributed by atoms with Crippen LogP contribution in [0.15, 0.2) is 54.7 Å². The lowest BCUT2D eigenvalue weighted by molar-refractivity contribution is -0.118. The van der Waals surface area contributed by atoms with E-state index in [-0.39, 0.29) is 18.2 Å². The highest BCUT2D eigenvalue weighted by Gasteiger charge is 2.12. The lowest BCUT2D eigenvalue weighted by Crippen LogP contribution is -2.21. The number of rotatable bonds is 6. The van der Waals surface area contributed by atoms with Crippen LogP contribution in [-0.2, 0) is 4.79 Å². The van der Waals surface area contributed by atoms with E-state index in [1.54, 1.807) is 24.4 Å². The van der Waals surface area contributed by atoms with E-state index in [0.29, 0.717) is 17.1 Å². The molecule has 0 unspecified atom stereocenters. The molecule has 1 aromatic heterocycles. The Labute approximate surface area is 156 Å². The van der Waals surface area contributed by atoms with Crippen LogP contribution in [0.1, 0.15) is 21.6 Å². The first-order valence-corrected chi connectivity index (χ1v) is 8.39. The molecular weight excluding hydrogens is 344 g/mol. The highest BCUT2D eigenvalue weighted by molar-refractivity contribution is 5.94. The number of anilines is 1. The van der Waals surface area contributed by atoms with Gasteiger partial charge in [-0.05, 0) is 43.2 Å². The Bertz CT molecular complexity index is 974. The summed E-state index contributed by atoms with van der Waals surface area (Å²) in [5, 5.41) is 6.94. The molecule has 7 nitrogen and oxygen atoms in total. The molecule has 3 aromatic rings. The minimum Gasteiger partial charge on any atom is -0.483 e. The van der Waals surface area contributed by atoms with Crippen molar-refractivity contribution in [3.05, 3.63) is 71.5 Å². The van der Waals surface area contributed by atoms with Crippen molar-refractivity contribution in [2.45, 2.75) is 13.8 Å². The van der Waals surface area contributed by atoms with Crippen LogP contribution in [-0.4, -0.2) is 28.2 Å². The summed E-state index contributed by atoms with van der Waals surface area (Å²) < 4.78 is 7.18. The van der Waals surface area contributed by atoms with Crippen LogP contribution in [0.25, 0.3) is 5.69 Å². The van der Waals surface area contributed by atoms with Crippen LogP contribution >= 0.6 is 0 Å². The standard InChI is InChI=1S/C20H20N4O3/c1-13-6-5-7-14(2)19(13)27-12-18(25)22-15-8-3-4-9-17(15)24-11-10-16(23-24)20(21)26/h3-11H,12H2,1-2H3,(H2,21,26)(H,22,25). The molecule has 0 radical (unpaired) electrons. The van der Waals surface area contributed by atoms with Crippen LogP contribution in [0.3, 0.4) is 0 Å². The molecule has 0 saturated carbocycles. The SMILES string of the molecule is Cc1cccc(C)c1OCC(=O)Nc1ccccc1-n1ccc(C(N)=O)n1. The number of nitrogens with two attached hydrogens (primary N) is 1. The third-order valence-corrected chi connectivity index (χ3v) is 4.02. The molecule has 138 valence electrons. The first kappa shape index (κ1) is 18.2. The summed E-state index contributed by atoms with van der Waals surface area (Å²) in [5.74, 6) is -0.205. The Morgan fingerprint density at radius 3 is 2.44 bits per heavy atom. The van der Waals surface area contributed by atoms with Crippen LogP contribution in [0.5, 0.6) is 5.75 Å². The number of nitrogens with zero attached hydrogens (tertiary/aromatic N) is 2. The van der Waals surface area contributed by atoms with Gasteiger partial charge in [-0.2, -0.15) is 5.10 Å². The zero-order valence-corrected chi connectivity index (χ0v) is 15.1. The molecule has 0 aliphatic carbocycles. The van der Waals surface area contributed by atoms with Gasteiger partial charge in [-0.15, -0.1) is 0 Å². The molecule has 0 saturated heterocycles. The second-order valence-electron chi connectivity index (χ2n) is 6.08. The Morgan fingerprint density at radius 2 is 1.78 bits per heavy atom. The molecule has 0 spiro atoms. The van der Waals surface area contributed by atoms with Gasteiger partial charge in [0.05, 0.1) is 11.4 Å². The minimum atomic E-state index is -0.614. The molecule has 0 fully saturated rings. The topological polar surface area (TPSA) is 99.2 Å². The van der Waals surface area contributed by atoms with Crippen molar-refractivity contribution in [1.29, 1.82) is 0 Å². The van der Waals surface area contributed by atoms with Gasteiger partial charge in [-0.1, -0.05) is 30.3 Å². The Morgan fingerprint density at radius 1 is 1.07 bits per heavy atom. The van der Waals surface area contributed by atoms with Crippen LogP contribution < -0.4 is 15.8 Å². The number of hydrogen-bond acceptors (Lipinski definition) is 4. The summed E-state index contributed by atoms with van der Waals surface area (Å²) in [6.45, 7) is 3.75. The molecule has 0 bridgehead atoms. The summed E-state index contributed by atoms with van der Waals surface area (Å²) >= 11 is 0. The number of amides is 2. The van der Waals surface area contributed by atoms with Gasteiger partial charge < -0.3 is 15.8 Å². The number of nitrogens with one attached hydrogen (secondary N) is 1. The number of hydrogen-bond donors (Lipinski definition) is 2. The van der Waals surface area contributed by atoms with Gasteiger partial charge >= 0.3 is 0 Å². The third kappa shape index (κ3) is 4.14. The fourth-order valence-electron chi connectivity index (χ4n) is 2.72. The van der Waals surface area contributed by atoms with E-state index in [1.165, 1.54) is 10.7 Å². The summed E-state index contributed by atoms with van der Waals surface area (Å²) in [5.41, 5.74) is 8.50. The van der Waals surface area contributed by atoms with Crippen LogP contribution in [0.2, 0.25) is 0 Å². The van der Waals surface area contributed by atoms with E-state index in [1.807, 2.05) is 38.1 Å². The highest BCUT2D eigenvalue weighted by Crippen LogP contribution is 2.23. The fourth-order valence-corrected chi connectivity index (χ4v) is 2.72. The number of carbonyl (C=O) groups is 2. The van der Waals surface area contributed by atoms with Gasteiger partial charge in [0.2, 0.25) is 0 Å². The monoisotopic (exact) mass is 364 g/mol. The Balaban J connectivity index is 1.74. The van der Waals surface area contributed by atoms with E-state index >= 15 is 0 Å². The van der Waals surface area contributed by atoms with Crippen LogP contribution in [0, 0.1) is 13.8 Å². The number of carbonyl (C=O) groups excluding carboxylic acids is 2. The lowest BCUT2D eigenvalue weighted by Gasteiger charge is -2.13. The summed E-state index contributed by atoms with van der Waals surface area (Å²) in [4.78, 5) is 23.6. The van der Waals surface area contributed by atoms with Crippen molar-refractivity contribution in [2.24, 2.45) is 5.73 Å². The van der Waals surface area contributed by atoms with Crippen molar-refractivity contribution in [2.75, 3.05) is 11.9 Å². The van der Waals surface area contributed by atoms with Gasteiger partial charge in [0.1, 0.15) is 11.4 Å². The van der Waals surface area contributed by atoms with Crippen molar-refractivity contribution in [3.8, 4) is 11.4 Å². The largest absolute Gasteiger partial charge is 0.483 e. The third-order valence-electron chi connectivity index (χ3n) is 4.02. The number of para-hydroxylation sites is 3. The second-order valence-corrected chi connectivity index (χ2v) is 6.08. The molecule has 1 heterocycles. The first-order chi connectivity index (χ1) is 13.0. The molecule has 27 heavy (non-hydrogen) atoms. The predicted octanol–water partition coefficient (Wildman–Crippen LogP) is 2.61. The van der Waals surface area contributed by atoms with Gasteiger partial charge in [0.25, 0.3) is 11.8 Å². The quantitative estimate of drug-likeness (QED) is 0.702. The summed E-state index contributed by atoms with van der Waals surface area (Å²) in [7, 11) is 0. The Kier molecular flexibility index (Phi) is 5.21. The fraction of sp³-hybridized carbons (Fsp3) is 0.150. The first-order valence-electron chi connectivity index (χ1n) is 8.39. The maximum atomic E-state index is 12.4. The van der Waals surface area contributed by atoms with E-state index in [2.05, 4.69) is 10.4 Å². The van der Waals surface area contributed by atoms with Crippen molar-refractivity contribution in [1.82, 2.24) is 9.78 Å². The van der Waals surface area contributed by atoms with E-state index < -0.39 is 5.91 Å². The maximum Gasteiger partial charge on any atom is 0.269 e. The molecule has 0 atom stereocenters. The minimum absolute atomic E-state index is 0.119. The molecule has 0 aliphatic rings. The Hall–Kier alpha value is -3.61. The van der Waals surface area contributed by atoms with Crippen LogP contribution in [0.4, 0.5) is 5.69 Å². The second kappa shape index (κ2) is 7.74. The molecule has 3 N–H and O–H groups in total. The average molecular weight is 364 g/mol. The zero-order chi connectivity index (χ0) is 19.4. The molecular formula is C20H20N4O3. The lowest BCUT2D eigenvalue weighted by atomic mass is 10.1. The molecule has 3 rings (SSSR count). The van der Waals surface area contributed by atoms with E-state index in [0.717, 1.165) is 11.1 Å². The molecule has 2 aromatic carbocycles. The number of primary amides is 1. The van der Waals surface area contributed by atoms with Crippen molar-refractivity contribution >= 4 is 17.5 Å². The summed E-state index contributed by atoms with van der Waals surface area (Å²) in [6, 6.07) is 14.5. The van der Waals surface area contributed by atoms with Gasteiger partial charge in [-0.25, -0.2) is 4.68 Å². The molecule has 0 aliphatic heterocycles. The maximum absolute atomic E-state index is 12.4. The van der Waals surface area contributed by atoms with E-state index in [4.69, 9.17) is 10.5 Å².